The molecule has 1 aliphatic carbocycles. The molecule has 0 spiro atoms. The average Bonchev–Trinajstić information content (AvgIpc) is 3.17. The predicted molar refractivity (Wildman–Crippen MR) is 112 cm³/mol. The van der Waals surface area contributed by atoms with E-state index in [1.54, 1.807) is 10.5 Å². The summed E-state index contributed by atoms with van der Waals surface area (Å²) in [6.07, 6.45) is 6.31. The van der Waals surface area contributed by atoms with Gasteiger partial charge in [-0.25, -0.2) is 17.7 Å². The molecule has 2 aromatic heterocycles. The van der Waals surface area contributed by atoms with Gasteiger partial charge in [0.2, 0.25) is 15.9 Å². The first-order valence-electron chi connectivity index (χ1n) is 10.8. The zero-order valence-electron chi connectivity index (χ0n) is 17.0. The van der Waals surface area contributed by atoms with Gasteiger partial charge < -0.3 is 14.6 Å². The van der Waals surface area contributed by atoms with Gasteiger partial charge in [0.15, 0.2) is 0 Å². The second kappa shape index (κ2) is 7.94. The number of H-pyrrole nitrogens is 1. The highest BCUT2D eigenvalue weighted by Gasteiger charge is 2.46. The van der Waals surface area contributed by atoms with Crippen LogP contribution in [0, 0.1) is 5.92 Å². The lowest BCUT2D eigenvalue weighted by Crippen LogP contribution is -2.52. The van der Waals surface area contributed by atoms with Crippen LogP contribution in [-0.2, 0) is 19.6 Å². The van der Waals surface area contributed by atoms with E-state index in [2.05, 4.69) is 16.0 Å². The summed E-state index contributed by atoms with van der Waals surface area (Å²) in [7, 11) is -3.34. The van der Waals surface area contributed by atoms with Crippen molar-refractivity contribution in [3.63, 3.8) is 0 Å². The minimum atomic E-state index is -3.34. The number of amides is 1. The highest BCUT2D eigenvalue weighted by Crippen LogP contribution is 2.39. The van der Waals surface area contributed by atoms with Gasteiger partial charge in [-0.3, -0.25) is 4.79 Å². The van der Waals surface area contributed by atoms with Crippen LogP contribution >= 0.6 is 0 Å². The molecule has 0 aromatic carbocycles. The molecule has 0 unspecified atom stereocenters. The summed E-state index contributed by atoms with van der Waals surface area (Å²) in [5.74, 6) is 0.280. The van der Waals surface area contributed by atoms with Crippen molar-refractivity contribution in [2.24, 2.45) is 5.92 Å². The molecule has 30 heavy (non-hydrogen) atoms. The highest BCUT2D eigenvalue weighted by molar-refractivity contribution is 7.89. The molecule has 3 fully saturated rings. The smallest absolute Gasteiger partial charge is 0.225 e. The molecule has 2 aromatic rings. The van der Waals surface area contributed by atoms with E-state index in [1.807, 2.05) is 17.2 Å². The molecule has 2 aliphatic heterocycles. The summed E-state index contributed by atoms with van der Waals surface area (Å²) >= 11 is 0. The summed E-state index contributed by atoms with van der Waals surface area (Å²) in [4.78, 5) is 21.9. The second-order valence-electron chi connectivity index (χ2n) is 8.59. The molecule has 8 nitrogen and oxygen atoms in total. The monoisotopic (exact) mass is 432 g/mol. The Labute approximate surface area is 176 Å². The molecule has 0 bridgehead atoms. The van der Waals surface area contributed by atoms with Crippen molar-refractivity contribution in [1.29, 1.82) is 0 Å². The van der Waals surface area contributed by atoms with Crippen LogP contribution < -0.4 is 0 Å². The molecule has 0 atom stereocenters. The first-order chi connectivity index (χ1) is 14.5. The summed E-state index contributed by atoms with van der Waals surface area (Å²) in [6.45, 7) is 3.45. The van der Waals surface area contributed by atoms with E-state index >= 15 is 0 Å². The van der Waals surface area contributed by atoms with Crippen LogP contribution in [0.15, 0.2) is 24.5 Å². The lowest BCUT2D eigenvalue weighted by molar-refractivity contribution is -0.142. The fourth-order valence-corrected chi connectivity index (χ4v) is 7.09. The van der Waals surface area contributed by atoms with E-state index in [1.165, 1.54) is 5.56 Å². The summed E-state index contributed by atoms with van der Waals surface area (Å²) in [5.41, 5.74) is 2.11. The van der Waals surface area contributed by atoms with Crippen molar-refractivity contribution in [3.05, 3.63) is 30.1 Å². The van der Waals surface area contributed by atoms with Crippen LogP contribution in [0.2, 0.25) is 0 Å². The quantitative estimate of drug-likeness (QED) is 0.794. The number of carbonyl (C=O) groups is 1. The first-order valence-corrected chi connectivity index (χ1v) is 12.3. The lowest BCUT2D eigenvalue weighted by atomic mass is 9.83. The number of hydrogen-bond donors (Lipinski definition) is 1. The van der Waals surface area contributed by atoms with Crippen LogP contribution in [0.5, 0.6) is 0 Å². The van der Waals surface area contributed by atoms with E-state index in [0.717, 1.165) is 23.9 Å². The molecule has 2 saturated heterocycles. The van der Waals surface area contributed by atoms with E-state index < -0.39 is 15.3 Å². The number of ether oxygens (including phenoxy) is 1. The lowest BCUT2D eigenvalue weighted by Gasteiger charge is -2.41. The Bertz CT molecular complexity index is 1020. The van der Waals surface area contributed by atoms with E-state index in [9.17, 15) is 13.2 Å². The number of nitrogens with zero attached hydrogens (tertiary/aromatic N) is 3. The molecular weight excluding hydrogens is 404 g/mol. The summed E-state index contributed by atoms with van der Waals surface area (Å²) < 4.78 is 33.1. The number of hydrogen-bond acceptors (Lipinski definition) is 5. The summed E-state index contributed by atoms with van der Waals surface area (Å²) in [6, 6.07) is 4.00. The third-order valence-electron chi connectivity index (χ3n) is 6.92. The number of carbonyl (C=O) groups excluding carboxylic acids is 1. The number of nitrogens with one attached hydrogen (secondary N) is 1. The Morgan fingerprint density at radius 1 is 1.13 bits per heavy atom. The van der Waals surface area contributed by atoms with Crippen LogP contribution in [0.25, 0.3) is 11.0 Å². The molecule has 5 rings (SSSR count). The molecule has 1 amide bonds. The van der Waals surface area contributed by atoms with Gasteiger partial charge in [0.1, 0.15) is 5.65 Å². The number of morpholine rings is 1. The highest BCUT2D eigenvalue weighted by atomic mass is 32.2. The first kappa shape index (κ1) is 20.0. The number of piperidine rings is 1. The number of aromatic amines is 1. The topological polar surface area (TPSA) is 95.6 Å². The Morgan fingerprint density at radius 2 is 1.87 bits per heavy atom. The van der Waals surface area contributed by atoms with Gasteiger partial charge >= 0.3 is 0 Å². The fourth-order valence-electron chi connectivity index (χ4n) is 5.00. The van der Waals surface area contributed by atoms with Gasteiger partial charge in [-0.2, -0.15) is 0 Å². The number of pyridine rings is 1. The Kier molecular flexibility index (Phi) is 5.28. The van der Waals surface area contributed by atoms with Crippen LogP contribution in [-0.4, -0.2) is 78.1 Å². The number of sulfonamides is 1. The molecule has 4 heterocycles. The van der Waals surface area contributed by atoms with Crippen molar-refractivity contribution < 1.29 is 17.9 Å². The zero-order valence-corrected chi connectivity index (χ0v) is 17.8. The van der Waals surface area contributed by atoms with Crippen molar-refractivity contribution in [2.45, 2.75) is 36.9 Å². The molecule has 1 N–H and O–H groups in total. The van der Waals surface area contributed by atoms with Gasteiger partial charge in [0.05, 0.1) is 18.5 Å². The predicted octanol–water partition coefficient (Wildman–Crippen LogP) is 1.71. The molecule has 162 valence electrons. The molecule has 0 radical (unpaired) electrons. The van der Waals surface area contributed by atoms with Crippen LogP contribution in [0.4, 0.5) is 0 Å². The number of rotatable bonds is 4. The largest absolute Gasteiger partial charge is 0.378 e. The van der Waals surface area contributed by atoms with Gasteiger partial charge in [-0.15, -0.1) is 0 Å². The third kappa shape index (κ3) is 3.52. The molecule has 3 aliphatic rings. The maximum atomic E-state index is 13.1. The Morgan fingerprint density at radius 3 is 2.60 bits per heavy atom. The molecule has 9 heteroatoms. The van der Waals surface area contributed by atoms with Crippen molar-refractivity contribution in [1.82, 2.24) is 19.2 Å². The zero-order chi connectivity index (χ0) is 20.7. The maximum Gasteiger partial charge on any atom is 0.225 e. The minimum absolute atomic E-state index is 0.0939. The van der Waals surface area contributed by atoms with Crippen LogP contribution in [0.1, 0.15) is 37.2 Å². The Hall–Kier alpha value is -1.97. The minimum Gasteiger partial charge on any atom is -0.378 e. The number of fused-ring (bicyclic) bond motifs is 1. The van der Waals surface area contributed by atoms with Crippen molar-refractivity contribution in [2.75, 3.05) is 39.4 Å². The van der Waals surface area contributed by atoms with E-state index in [-0.39, 0.29) is 11.8 Å². The maximum absolute atomic E-state index is 13.1. The van der Waals surface area contributed by atoms with Gasteiger partial charge in [-0.1, -0.05) is 0 Å². The van der Waals surface area contributed by atoms with Gasteiger partial charge in [0.25, 0.3) is 0 Å². The molecular formula is C21H28N4O4S. The van der Waals surface area contributed by atoms with E-state index in [0.29, 0.717) is 58.2 Å². The van der Waals surface area contributed by atoms with Crippen molar-refractivity contribution in [3.8, 4) is 0 Å². The normalized spacial score (nSPS) is 26.6. The SMILES string of the molecule is O=C([C@H]1C[C@@H](S(=O)(=O)N2CCC(c3c[nH]c4ncccc34)CC2)C1)N1CCOCC1. The molecule has 1 saturated carbocycles. The van der Waals surface area contributed by atoms with Crippen LogP contribution in [0.3, 0.4) is 0 Å². The van der Waals surface area contributed by atoms with E-state index in [4.69, 9.17) is 4.74 Å². The van der Waals surface area contributed by atoms with Gasteiger partial charge in [0, 0.05) is 49.9 Å². The Balaban J connectivity index is 1.17. The summed E-state index contributed by atoms with van der Waals surface area (Å²) in [5, 5.41) is 0.712. The van der Waals surface area contributed by atoms with Gasteiger partial charge in [-0.05, 0) is 49.3 Å². The average molecular weight is 433 g/mol. The third-order valence-corrected chi connectivity index (χ3v) is 9.24. The van der Waals surface area contributed by atoms with Crippen molar-refractivity contribution >= 4 is 27.0 Å². The number of aromatic nitrogens is 2. The standard InChI is InChI=1S/C21H28N4O4S/c26-21(24-8-10-29-11-9-24)16-12-17(13-16)30(27,28)25-6-3-15(4-7-25)19-14-23-20-18(19)2-1-5-22-20/h1-2,5,14-17H,3-4,6-13H2,(H,22,23)/t16-,17+. The fraction of sp³-hybridized carbons (Fsp3) is 0.619. The second-order valence-corrected chi connectivity index (χ2v) is 10.8.